The van der Waals surface area contributed by atoms with Crippen LogP contribution in [0.3, 0.4) is 0 Å². The predicted molar refractivity (Wildman–Crippen MR) is 94.1 cm³/mol. The van der Waals surface area contributed by atoms with Gasteiger partial charge >= 0.3 is 0 Å². The molecule has 4 heteroatoms. The van der Waals surface area contributed by atoms with Crippen LogP contribution in [0.2, 0.25) is 0 Å². The fraction of sp³-hybridized carbons (Fsp3) is 0.526. The van der Waals surface area contributed by atoms with Gasteiger partial charge in [0, 0.05) is 37.8 Å². The van der Waals surface area contributed by atoms with Gasteiger partial charge in [-0.15, -0.1) is 0 Å². The van der Waals surface area contributed by atoms with Crippen LogP contribution >= 0.6 is 0 Å². The summed E-state index contributed by atoms with van der Waals surface area (Å²) < 4.78 is 0. The number of carbonyl (C=O) groups is 1. The van der Waals surface area contributed by atoms with E-state index in [0.29, 0.717) is 0 Å². The first-order chi connectivity index (χ1) is 11.0. The molecule has 0 aliphatic carbocycles. The van der Waals surface area contributed by atoms with Gasteiger partial charge in [-0.05, 0) is 31.9 Å². The molecule has 1 heterocycles. The van der Waals surface area contributed by atoms with Crippen LogP contribution in [0.1, 0.15) is 31.4 Å². The molecular weight excluding hydrogens is 288 g/mol. The van der Waals surface area contributed by atoms with Crippen LogP contribution in [0, 0.1) is 6.92 Å². The third-order valence-corrected chi connectivity index (χ3v) is 4.60. The Morgan fingerprint density at radius 2 is 1.83 bits per heavy atom. The fourth-order valence-electron chi connectivity index (χ4n) is 3.02. The van der Waals surface area contributed by atoms with Crippen LogP contribution in [0.5, 0.6) is 0 Å². The van der Waals surface area contributed by atoms with E-state index >= 15 is 0 Å². The zero-order valence-electron chi connectivity index (χ0n) is 14.5. The molecule has 0 spiro atoms. The van der Waals surface area contributed by atoms with E-state index in [0.717, 1.165) is 43.7 Å². The lowest BCUT2D eigenvalue weighted by molar-refractivity contribution is -0.129. The minimum absolute atomic E-state index is 0.113. The Labute approximate surface area is 139 Å². The summed E-state index contributed by atoms with van der Waals surface area (Å²) in [6.07, 6.45) is 2.90. The van der Waals surface area contributed by atoms with Gasteiger partial charge in [0.25, 0.3) is 0 Å². The quantitative estimate of drug-likeness (QED) is 0.848. The smallest absolute Gasteiger partial charge is 0.249 e. The largest absolute Gasteiger partial charge is 0.395 e. The van der Waals surface area contributed by atoms with Crippen molar-refractivity contribution in [2.45, 2.75) is 33.2 Å². The molecule has 2 rings (SSSR count). The highest BCUT2D eigenvalue weighted by atomic mass is 16.3. The summed E-state index contributed by atoms with van der Waals surface area (Å²) in [6.45, 7) is 9.36. The lowest BCUT2D eigenvalue weighted by Gasteiger charge is -2.38. The van der Waals surface area contributed by atoms with E-state index in [9.17, 15) is 9.90 Å². The number of hydrogen-bond acceptors (Lipinski definition) is 3. The summed E-state index contributed by atoms with van der Waals surface area (Å²) in [5, 5.41) is 9.39. The topological polar surface area (TPSA) is 43.8 Å². The molecule has 1 aromatic carbocycles. The highest BCUT2D eigenvalue weighted by Crippen LogP contribution is 2.14. The van der Waals surface area contributed by atoms with Gasteiger partial charge in [-0.2, -0.15) is 0 Å². The Balaban J connectivity index is 1.95. The lowest BCUT2D eigenvalue weighted by atomic mass is 10.1. The number of aliphatic hydroxyl groups excluding tert-OH is 1. The molecule has 4 nitrogen and oxygen atoms in total. The molecule has 0 saturated carbocycles. The van der Waals surface area contributed by atoms with Gasteiger partial charge in [0.15, 0.2) is 0 Å². The molecule has 1 aliphatic rings. The molecule has 1 unspecified atom stereocenters. The summed E-state index contributed by atoms with van der Waals surface area (Å²) in [5.74, 6) is 0.113. The Kier molecular flexibility index (Phi) is 6.37. The third kappa shape index (κ3) is 4.66. The minimum Gasteiger partial charge on any atom is -0.395 e. The minimum atomic E-state index is 0.113. The number of carbonyl (C=O) groups excluding carboxylic acids is 1. The van der Waals surface area contributed by atoms with Crippen molar-refractivity contribution in [2.75, 3.05) is 32.8 Å². The summed E-state index contributed by atoms with van der Waals surface area (Å²) in [7, 11) is 0. The van der Waals surface area contributed by atoms with E-state index < -0.39 is 0 Å². The number of nitrogens with zero attached hydrogens (tertiary/aromatic N) is 2. The molecule has 1 saturated heterocycles. The normalized spacial score (nSPS) is 18.1. The van der Waals surface area contributed by atoms with Crippen molar-refractivity contribution in [1.29, 1.82) is 0 Å². The van der Waals surface area contributed by atoms with Gasteiger partial charge in [-0.3, -0.25) is 9.69 Å². The van der Waals surface area contributed by atoms with Crippen LogP contribution in [-0.2, 0) is 4.79 Å². The Hall–Kier alpha value is -1.65. The molecule has 1 fully saturated rings. The molecule has 1 N–H and O–H groups in total. The number of benzene rings is 1. The van der Waals surface area contributed by atoms with E-state index in [1.54, 1.807) is 0 Å². The van der Waals surface area contributed by atoms with Crippen molar-refractivity contribution >= 4 is 12.0 Å². The van der Waals surface area contributed by atoms with E-state index in [1.807, 2.05) is 30.0 Å². The molecule has 0 bridgehead atoms. The highest BCUT2D eigenvalue weighted by molar-refractivity contribution is 5.97. The van der Waals surface area contributed by atoms with Gasteiger partial charge in [-0.25, -0.2) is 0 Å². The number of aliphatic hydroxyl groups is 1. The van der Waals surface area contributed by atoms with Crippen LogP contribution in [0.4, 0.5) is 0 Å². The second-order valence-corrected chi connectivity index (χ2v) is 6.31. The Morgan fingerprint density at radius 1 is 1.22 bits per heavy atom. The van der Waals surface area contributed by atoms with Gasteiger partial charge in [0.05, 0.1) is 6.61 Å². The molecule has 23 heavy (non-hydrogen) atoms. The predicted octanol–water partition coefficient (Wildman–Crippen LogP) is 2.31. The molecule has 1 aromatic rings. The number of rotatable bonds is 5. The molecular formula is C19H28N2O2. The molecule has 1 amide bonds. The maximum Gasteiger partial charge on any atom is 0.249 e. The Bertz CT molecular complexity index is 539. The summed E-state index contributed by atoms with van der Waals surface area (Å²) in [4.78, 5) is 16.8. The van der Waals surface area contributed by atoms with E-state index in [4.69, 9.17) is 0 Å². The second kappa shape index (κ2) is 8.27. The first kappa shape index (κ1) is 17.7. The van der Waals surface area contributed by atoms with E-state index in [-0.39, 0.29) is 18.6 Å². The summed E-state index contributed by atoms with van der Waals surface area (Å²) in [5.41, 5.74) is 3.06. The standard InChI is InChI=1S/C19H28N2O2/c1-4-18(14-22)20-9-11-21(12-10-20)19(23)16(3)13-17-7-5-15(2)6-8-17/h5-8,13,18,22H,4,9-12,14H2,1-3H3/b16-13+. The van der Waals surface area contributed by atoms with E-state index in [1.165, 1.54) is 5.56 Å². The highest BCUT2D eigenvalue weighted by Gasteiger charge is 2.25. The number of aryl methyl sites for hydroxylation is 1. The fourth-order valence-corrected chi connectivity index (χ4v) is 3.02. The molecule has 126 valence electrons. The van der Waals surface area contributed by atoms with Crippen LogP contribution < -0.4 is 0 Å². The Morgan fingerprint density at radius 3 is 2.35 bits per heavy atom. The van der Waals surface area contributed by atoms with Crippen molar-refractivity contribution in [1.82, 2.24) is 9.80 Å². The van der Waals surface area contributed by atoms with Crippen molar-refractivity contribution < 1.29 is 9.90 Å². The number of hydrogen-bond donors (Lipinski definition) is 1. The van der Waals surface area contributed by atoms with Gasteiger partial charge in [0.2, 0.25) is 5.91 Å². The van der Waals surface area contributed by atoms with Crippen molar-refractivity contribution in [3.8, 4) is 0 Å². The summed E-state index contributed by atoms with van der Waals surface area (Å²) >= 11 is 0. The summed E-state index contributed by atoms with van der Waals surface area (Å²) in [6, 6.07) is 8.41. The number of piperazine rings is 1. The van der Waals surface area contributed by atoms with Crippen LogP contribution in [-0.4, -0.2) is 59.6 Å². The lowest BCUT2D eigenvalue weighted by Crippen LogP contribution is -2.52. The van der Waals surface area contributed by atoms with Crippen molar-refractivity contribution in [3.63, 3.8) is 0 Å². The molecule has 0 aromatic heterocycles. The first-order valence-electron chi connectivity index (χ1n) is 8.44. The van der Waals surface area contributed by atoms with Crippen molar-refractivity contribution in [2.24, 2.45) is 0 Å². The molecule has 1 atom stereocenters. The van der Waals surface area contributed by atoms with Crippen molar-refractivity contribution in [3.05, 3.63) is 41.0 Å². The average molecular weight is 316 g/mol. The third-order valence-electron chi connectivity index (χ3n) is 4.60. The molecule has 0 radical (unpaired) electrons. The second-order valence-electron chi connectivity index (χ2n) is 6.31. The van der Waals surface area contributed by atoms with Gasteiger partial charge in [0.1, 0.15) is 0 Å². The maximum atomic E-state index is 12.6. The monoisotopic (exact) mass is 316 g/mol. The first-order valence-corrected chi connectivity index (χ1v) is 8.44. The zero-order valence-corrected chi connectivity index (χ0v) is 14.5. The average Bonchev–Trinajstić information content (AvgIpc) is 2.58. The molecule has 1 aliphatic heterocycles. The zero-order chi connectivity index (χ0) is 16.8. The van der Waals surface area contributed by atoms with E-state index in [2.05, 4.69) is 30.9 Å². The van der Waals surface area contributed by atoms with Gasteiger partial charge in [-0.1, -0.05) is 36.8 Å². The van der Waals surface area contributed by atoms with Crippen LogP contribution in [0.25, 0.3) is 6.08 Å². The number of amides is 1. The SMILES string of the molecule is CCC(CO)N1CCN(C(=O)/C(C)=C/c2ccc(C)cc2)CC1. The maximum absolute atomic E-state index is 12.6. The van der Waals surface area contributed by atoms with Crippen LogP contribution in [0.15, 0.2) is 29.8 Å². The van der Waals surface area contributed by atoms with Gasteiger partial charge < -0.3 is 10.0 Å².